The SMILES string of the molecule is O=C(/C=C/c1ccc([N+](=O)[O-])cc1)N1CCC2(CC1)SCCN2C(=O)c1ccco1. The van der Waals surface area contributed by atoms with Gasteiger partial charge in [0, 0.05) is 43.6 Å². The molecule has 2 aliphatic rings. The summed E-state index contributed by atoms with van der Waals surface area (Å²) in [5.41, 5.74) is 0.742. The zero-order chi connectivity index (χ0) is 21.1. The summed E-state index contributed by atoms with van der Waals surface area (Å²) in [6.07, 6.45) is 6.07. The molecule has 2 aromatic rings. The Labute approximate surface area is 177 Å². The normalized spacial score (nSPS) is 18.3. The number of carbonyl (C=O) groups excluding carboxylic acids is 2. The van der Waals surface area contributed by atoms with Gasteiger partial charge in [0.05, 0.1) is 16.1 Å². The van der Waals surface area contributed by atoms with Crippen molar-refractivity contribution in [3.63, 3.8) is 0 Å². The number of thioether (sulfide) groups is 1. The van der Waals surface area contributed by atoms with E-state index in [0.717, 1.165) is 11.3 Å². The molecule has 0 saturated carbocycles. The van der Waals surface area contributed by atoms with E-state index >= 15 is 0 Å². The van der Waals surface area contributed by atoms with Crippen molar-refractivity contribution in [2.75, 3.05) is 25.4 Å². The Morgan fingerprint density at radius 1 is 1.13 bits per heavy atom. The minimum Gasteiger partial charge on any atom is -0.459 e. The standard InChI is InChI=1S/C21H21N3O5S/c25-19(8-5-16-3-6-17(7-4-16)24(27)28)22-11-9-21(10-12-22)23(13-15-30-21)20(26)18-2-1-14-29-18/h1-8,14H,9-13,15H2/b8-5+. The van der Waals surface area contributed by atoms with Crippen LogP contribution in [0.2, 0.25) is 0 Å². The lowest BCUT2D eigenvalue weighted by Crippen LogP contribution is -2.53. The maximum absolute atomic E-state index is 12.8. The van der Waals surface area contributed by atoms with E-state index in [1.54, 1.807) is 47.0 Å². The molecule has 30 heavy (non-hydrogen) atoms. The minimum atomic E-state index is -0.455. The number of nitro groups is 1. The summed E-state index contributed by atoms with van der Waals surface area (Å²) >= 11 is 1.78. The number of carbonyl (C=O) groups is 2. The van der Waals surface area contributed by atoms with Crippen molar-refractivity contribution in [3.05, 3.63) is 70.2 Å². The topological polar surface area (TPSA) is 96.9 Å². The van der Waals surface area contributed by atoms with Crippen molar-refractivity contribution >= 4 is 35.3 Å². The van der Waals surface area contributed by atoms with Gasteiger partial charge in [-0.3, -0.25) is 19.7 Å². The van der Waals surface area contributed by atoms with Gasteiger partial charge in [-0.1, -0.05) is 0 Å². The van der Waals surface area contributed by atoms with Crippen molar-refractivity contribution in [2.24, 2.45) is 0 Å². The number of hydrogen-bond acceptors (Lipinski definition) is 6. The summed E-state index contributed by atoms with van der Waals surface area (Å²) < 4.78 is 5.28. The first-order valence-electron chi connectivity index (χ1n) is 9.69. The Hall–Kier alpha value is -3.07. The second-order valence-electron chi connectivity index (χ2n) is 7.24. The summed E-state index contributed by atoms with van der Waals surface area (Å²) in [6.45, 7) is 1.81. The molecular formula is C21H21N3O5S. The van der Waals surface area contributed by atoms with Crippen LogP contribution < -0.4 is 0 Å². The lowest BCUT2D eigenvalue weighted by Gasteiger charge is -2.43. The molecule has 156 valence electrons. The van der Waals surface area contributed by atoms with E-state index in [9.17, 15) is 19.7 Å². The van der Waals surface area contributed by atoms with E-state index < -0.39 is 4.92 Å². The number of nitro benzene ring substituents is 1. The van der Waals surface area contributed by atoms with Gasteiger partial charge in [-0.15, -0.1) is 11.8 Å². The molecule has 2 saturated heterocycles. The van der Waals surface area contributed by atoms with Crippen LogP contribution in [-0.4, -0.2) is 56.8 Å². The fraction of sp³-hybridized carbons (Fsp3) is 0.333. The molecule has 2 fully saturated rings. The molecule has 0 aliphatic carbocycles. The van der Waals surface area contributed by atoms with Gasteiger partial charge in [0.25, 0.3) is 11.6 Å². The van der Waals surface area contributed by atoms with Gasteiger partial charge in [0.1, 0.15) is 0 Å². The third-order valence-corrected chi connectivity index (χ3v) is 7.09. The molecule has 0 N–H and O–H groups in total. The van der Waals surface area contributed by atoms with Crippen LogP contribution in [0.4, 0.5) is 5.69 Å². The summed E-state index contributed by atoms with van der Waals surface area (Å²) in [6, 6.07) is 9.44. The molecule has 1 spiro atoms. The zero-order valence-corrected chi connectivity index (χ0v) is 17.0. The van der Waals surface area contributed by atoms with E-state index in [2.05, 4.69) is 0 Å². The molecular weight excluding hydrogens is 406 g/mol. The highest BCUT2D eigenvalue weighted by Gasteiger charge is 2.47. The van der Waals surface area contributed by atoms with Crippen LogP contribution >= 0.6 is 11.8 Å². The quantitative estimate of drug-likeness (QED) is 0.421. The van der Waals surface area contributed by atoms with Gasteiger partial charge in [-0.2, -0.15) is 0 Å². The van der Waals surface area contributed by atoms with Crippen LogP contribution in [0.1, 0.15) is 29.0 Å². The molecule has 2 aliphatic heterocycles. The van der Waals surface area contributed by atoms with Crippen molar-refractivity contribution in [1.29, 1.82) is 0 Å². The fourth-order valence-electron chi connectivity index (χ4n) is 3.90. The van der Waals surface area contributed by atoms with Crippen LogP contribution in [0.15, 0.2) is 53.2 Å². The molecule has 4 rings (SSSR count). The second kappa shape index (κ2) is 8.35. The van der Waals surface area contributed by atoms with Gasteiger partial charge in [0.2, 0.25) is 5.91 Å². The highest BCUT2D eigenvalue weighted by atomic mass is 32.2. The Kier molecular flexibility index (Phi) is 5.63. The van der Waals surface area contributed by atoms with Crippen LogP contribution in [0.3, 0.4) is 0 Å². The van der Waals surface area contributed by atoms with E-state index in [4.69, 9.17) is 4.42 Å². The third kappa shape index (κ3) is 3.97. The minimum absolute atomic E-state index is 0.0162. The van der Waals surface area contributed by atoms with Crippen molar-refractivity contribution in [2.45, 2.75) is 17.7 Å². The highest BCUT2D eigenvalue weighted by molar-refractivity contribution is 8.00. The predicted octanol–water partition coefficient (Wildman–Crippen LogP) is 3.41. The van der Waals surface area contributed by atoms with E-state index in [0.29, 0.717) is 38.2 Å². The number of likely N-dealkylation sites (tertiary alicyclic amines) is 1. The first kappa shape index (κ1) is 20.2. The summed E-state index contributed by atoms with van der Waals surface area (Å²) in [4.78, 5) is 39.0. The lowest BCUT2D eigenvalue weighted by molar-refractivity contribution is -0.384. The van der Waals surface area contributed by atoms with Crippen LogP contribution in [-0.2, 0) is 4.79 Å². The van der Waals surface area contributed by atoms with E-state index in [1.165, 1.54) is 24.5 Å². The first-order valence-corrected chi connectivity index (χ1v) is 10.7. The molecule has 9 heteroatoms. The molecule has 2 amide bonds. The average molecular weight is 427 g/mol. The smallest absolute Gasteiger partial charge is 0.290 e. The van der Waals surface area contributed by atoms with Crippen LogP contribution in [0.5, 0.6) is 0 Å². The van der Waals surface area contributed by atoms with Gasteiger partial charge in [-0.05, 0) is 48.7 Å². The first-order chi connectivity index (χ1) is 14.5. The number of hydrogen-bond donors (Lipinski definition) is 0. The Balaban J connectivity index is 1.37. The number of rotatable bonds is 4. The largest absolute Gasteiger partial charge is 0.459 e. The molecule has 0 unspecified atom stereocenters. The van der Waals surface area contributed by atoms with Crippen molar-refractivity contribution < 1.29 is 18.9 Å². The van der Waals surface area contributed by atoms with Gasteiger partial charge in [0.15, 0.2) is 5.76 Å². The molecule has 1 aromatic heterocycles. The van der Waals surface area contributed by atoms with Crippen LogP contribution in [0, 0.1) is 10.1 Å². The average Bonchev–Trinajstić information content (AvgIpc) is 3.43. The maximum atomic E-state index is 12.8. The van der Waals surface area contributed by atoms with Crippen molar-refractivity contribution in [1.82, 2.24) is 9.80 Å². The highest BCUT2D eigenvalue weighted by Crippen LogP contribution is 2.44. The Morgan fingerprint density at radius 3 is 2.50 bits per heavy atom. The summed E-state index contributed by atoms with van der Waals surface area (Å²) in [5, 5.41) is 10.7. The van der Waals surface area contributed by atoms with Gasteiger partial charge in [-0.25, -0.2) is 0 Å². The summed E-state index contributed by atoms with van der Waals surface area (Å²) in [5.74, 6) is 1.03. The number of amides is 2. The van der Waals surface area contributed by atoms with Gasteiger partial charge >= 0.3 is 0 Å². The molecule has 0 radical (unpaired) electrons. The number of nitrogens with zero attached hydrogens (tertiary/aromatic N) is 3. The number of piperidine rings is 1. The second-order valence-corrected chi connectivity index (χ2v) is 8.69. The molecule has 0 atom stereocenters. The monoisotopic (exact) mass is 427 g/mol. The van der Waals surface area contributed by atoms with E-state index in [-0.39, 0.29) is 22.4 Å². The van der Waals surface area contributed by atoms with Crippen molar-refractivity contribution in [3.8, 4) is 0 Å². The summed E-state index contributed by atoms with van der Waals surface area (Å²) in [7, 11) is 0. The molecule has 8 nitrogen and oxygen atoms in total. The van der Waals surface area contributed by atoms with Gasteiger partial charge < -0.3 is 14.2 Å². The fourth-order valence-corrected chi connectivity index (χ4v) is 5.35. The maximum Gasteiger partial charge on any atom is 0.290 e. The van der Waals surface area contributed by atoms with E-state index in [1.807, 2.05) is 4.90 Å². The number of benzene rings is 1. The molecule has 3 heterocycles. The van der Waals surface area contributed by atoms with Crippen LogP contribution in [0.25, 0.3) is 6.08 Å². The number of non-ortho nitro benzene ring substituents is 1. The Bertz CT molecular complexity index is 963. The Morgan fingerprint density at radius 2 is 1.87 bits per heavy atom. The number of furan rings is 1. The predicted molar refractivity (Wildman–Crippen MR) is 113 cm³/mol. The zero-order valence-electron chi connectivity index (χ0n) is 16.2. The molecule has 1 aromatic carbocycles. The molecule has 0 bridgehead atoms. The lowest BCUT2D eigenvalue weighted by atomic mass is 10.0. The third-order valence-electron chi connectivity index (χ3n) is 5.53.